The number of Topliss-reactive ketones (excluding diaryl/α,β-unsaturated/α-hetero) is 2. The first kappa shape index (κ1) is 102. The number of carbonyl (C=O) groups excluding carboxylic acids is 2. The molecule has 0 radical (unpaired) electrons. The number of piperazine rings is 2. The molecule has 0 aliphatic carbocycles. The molecule has 0 bridgehead atoms. The van der Waals surface area contributed by atoms with Crippen LogP contribution in [0.25, 0.3) is 88.1 Å². The lowest BCUT2D eigenvalue weighted by molar-refractivity contribution is 0.0694. The fourth-order valence-corrected chi connectivity index (χ4v) is 13.6. The maximum atomic E-state index is 13.3. The molecule has 2 unspecified atom stereocenters. The SMILES string of the molecule is Br.C#CC(C)O.CC(=O)c1cc2ccc(F)cc2c(=O)o1.CC(O)c1cc2ccc(F)cc2c(=O)o1.CN1CCNCC1.Cc1cn2cc(-c3cc4ccc(F)cc4c(=O)o3)nc2c(C)n1.Cc1cn2cc(-c3cc4ccc(N5CCN(C)CC5)cc4c(=O)o3)nc2c(C)n1.Cc1cnc(N)c(C)n1.O=C(CBr)c1cc2ccc(F)cc2c(=O)o1.O=C(O)c1cc(F)ccc1I. The molecule has 6 aromatic carbocycles. The molecule has 0 saturated carbocycles. The molecule has 2 atom stereocenters. The van der Waals surface area contributed by atoms with Crippen molar-refractivity contribution in [3.8, 4) is 35.3 Å². The van der Waals surface area contributed by atoms with E-state index in [9.17, 15) is 65.4 Å². The Bertz CT molecular complexity index is 7250. The number of carboxylic acid groups (broad SMARTS) is 1. The summed E-state index contributed by atoms with van der Waals surface area (Å²) in [7, 11) is 4.28. The topological polar surface area (TPSA) is 397 Å². The molecule has 10 aromatic heterocycles. The van der Waals surface area contributed by atoms with E-state index < -0.39 is 69.8 Å². The number of halogens is 8. The largest absolute Gasteiger partial charge is 0.478 e. The van der Waals surface area contributed by atoms with Crippen molar-refractivity contribution in [1.29, 1.82) is 0 Å². The number of nitrogens with two attached hydrogens (primary N) is 1. The minimum Gasteiger partial charge on any atom is -0.478 e. The third-order valence-corrected chi connectivity index (χ3v) is 20.9. The van der Waals surface area contributed by atoms with Gasteiger partial charge >= 0.3 is 34.1 Å². The average molecular weight is 2040 g/mol. The summed E-state index contributed by atoms with van der Waals surface area (Å²) in [6.45, 7) is 24.4. The van der Waals surface area contributed by atoms with Gasteiger partial charge in [0.2, 0.25) is 5.78 Å². The summed E-state index contributed by atoms with van der Waals surface area (Å²) in [6, 6.07) is 33.0. The van der Waals surface area contributed by atoms with Gasteiger partial charge in [0.25, 0.3) is 0 Å². The van der Waals surface area contributed by atoms with E-state index in [1.807, 2.05) is 110 Å². The van der Waals surface area contributed by atoms with Gasteiger partial charge in [0.05, 0.1) is 78.2 Å². The molecule has 18 rings (SSSR count). The first-order chi connectivity index (χ1) is 61.7. The molecule has 29 nitrogen and oxygen atoms in total. The van der Waals surface area contributed by atoms with Gasteiger partial charge in [-0.15, -0.1) is 23.4 Å². The van der Waals surface area contributed by atoms with Crippen LogP contribution in [0.15, 0.2) is 217 Å². The van der Waals surface area contributed by atoms with E-state index in [0.29, 0.717) is 64.9 Å². The first-order valence-corrected chi connectivity index (χ1v) is 42.1. The molecule has 0 spiro atoms. The summed E-state index contributed by atoms with van der Waals surface area (Å²) >= 11 is 4.82. The Morgan fingerprint density at radius 2 is 0.908 bits per heavy atom. The number of nitrogens with zero attached hydrogens (tertiary/aromatic N) is 11. The number of nitrogen functional groups attached to an aromatic ring is 1. The summed E-state index contributed by atoms with van der Waals surface area (Å²) < 4.78 is 93.9. The van der Waals surface area contributed by atoms with E-state index in [1.165, 1.54) is 106 Å². The predicted molar refractivity (Wildman–Crippen MR) is 507 cm³/mol. The zero-order valence-electron chi connectivity index (χ0n) is 72.5. The van der Waals surface area contributed by atoms with Crippen molar-refractivity contribution in [3.05, 3.63) is 312 Å². The van der Waals surface area contributed by atoms with Gasteiger partial charge in [-0.2, -0.15) is 0 Å². The fraction of sp³-hybridized carbons (Fsp3) is 0.234. The number of carboxylic acids is 1. The number of ketones is 2. The van der Waals surface area contributed by atoms with Crippen LogP contribution in [0, 0.1) is 86.5 Å². The molecular weight excluding hydrogens is 1950 g/mol. The molecule has 0 amide bonds. The van der Waals surface area contributed by atoms with Crippen LogP contribution in [-0.2, 0) is 0 Å². The summed E-state index contributed by atoms with van der Waals surface area (Å²) in [4.78, 5) is 125. The Labute approximate surface area is 776 Å². The number of anilines is 2. The third kappa shape index (κ3) is 27.7. The summed E-state index contributed by atoms with van der Waals surface area (Å²) in [5, 5.41) is 33.5. The Morgan fingerprint density at radius 3 is 1.31 bits per heavy atom. The molecule has 2 aliphatic heterocycles. The maximum Gasteiger partial charge on any atom is 0.344 e. The van der Waals surface area contributed by atoms with Crippen molar-refractivity contribution >= 4 is 150 Å². The number of imidazole rings is 2. The average Bonchev–Trinajstić information content (AvgIpc) is 1.66. The van der Waals surface area contributed by atoms with Crippen LogP contribution >= 0.6 is 55.5 Å². The number of hydrogen-bond donors (Lipinski definition) is 5. The summed E-state index contributed by atoms with van der Waals surface area (Å²) in [5.41, 5.74) is 11.3. The molecule has 2 fully saturated rings. The number of aromatic nitrogens is 8. The second kappa shape index (κ2) is 46.4. The van der Waals surface area contributed by atoms with Crippen molar-refractivity contribution in [3.63, 3.8) is 0 Å². The highest BCUT2D eigenvalue weighted by atomic mass is 127. The second-order valence-electron chi connectivity index (χ2n) is 29.8. The predicted octanol–water partition coefficient (Wildman–Crippen LogP) is 15.7. The number of aromatic carboxylic acids is 1. The Hall–Kier alpha value is -13.2. The summed E-state index contributed by atoms with van der Waals surface area (Å²) in [6.07, 6.45) is 12.3. The molecule has 6 N–H and O–H groups in total. The van der Waals surface area contributed by atoms with Gasteiger partial charge in [-0.25, -0.2) is 65.7 Å². The number of fused-ring (bicyclic) bond motifs is 7. The van der Waals surface area contributed by atoms with E-state index in [-0.39, 0.29) is 83.9 Å². The minimum absolute atomic E-state index is 0. The van der Waals surface area contributed by atoms with Crippen LogP contribution in [0.3, 0.4) is 0 Å². The molecule has 37 heteroatoms. The third-order valence-electron chi connectivity index (χ3n) is 19.5. The number of carbonyl (C=O) groups is 3. The van der Waals surface area contributed by atoms with Crippen molar-refractivity contribution in [2.24, 2.45) is 0 Å². The highest BCUT2D eigenvalue weighted by molar-refractivity contribution is 14.1. The molecule has 16 aromatic rings. The van der Waals surface area contributed by atoms with Crippen LogP contribution in [0.2, 0.25) is 0 Å². The Kier molecular flexibility index (Phi) is 35.9. The molecule has 682 valence electrons. The number of aryl methyl sites for hydroxylation is 6. The highest BCUT2D eigenvalue weighted by Gasteiger charge is 2.21. The van der Waals surface area contributed by atoms with Crippen LogP contribution in [0.5, 0.6) is 0 Å². The number of terminal acetylenes is 1. The standard InChI is InChI=1S/C22H23N5O2.C17H12FN3O2.C11H6BrFO3.C11H9FO3.C11H7FO3.C7H4FIO2.C6H9N3.C5H12N2.C4H6O.BrH/c1-14-12-27-13-19(24-21(27)15(2)23-14)20-10-16-4-5-17(11-18(16)22(28)29-20)26-8-6-25(3)7-9-26;1-9-7-21-8-14(20-16(21)10(2)19-9)15-5-11-3-4-12(18)6-13(11)17(22)23-15;12-5-9(14)10-3-6-1-2-7(13)4-8(6)11(15)16-10;2*1-6(13)10-4-7-2-3-8(12)5-9(7)11(14)15-10;8-4-1-2-6(9)5(3-4)7(10)11;1-4-3-8-6(7)5(2)9-4;1-7-4-2-6-3-5-7;1-3-4(2)5;/h4-5,10-13H,6-9H2,1-3H3;3-8H,1-2H3;1-4H,5H2;2-6,13H,1H3;2-5H,1H3;1-3H,(H,10,11);3H,1-2H3,(H2,7,8);6H,2-5H2,1H3;1,4-5H,2H3;1H. The Balaban J connectivity index is 0.000000173. The van der Waals surface area contributed by atoms with E-state index >= 15 is 0 Å². The van der Waals surface area contributed by atoms with Crippen molar-refractivity contribution in [1.82, 2.24) is 53.8 Å². The lowest BCUT2D eigenvalue weighted by atomic mass is 10.1. The molecule has 2 aliphatic rings. The van der Waals surface area contributed by atoms with Crippen LogP contribution in [0.4, 0.5) is 33.5 Å². The molecule has 2 saturated heterocycles. The van der Waals surface area contributed by atoms with Gasteiger partial charge in [-0.1, -0.05) is 52.2 Å². The quantitative estimate of drug-likeness (QED) is 0.0310. The zero-order valence-corrected chi connectivity index (χ0v) is 77.9. The normalized spacial score (nSPS) is 12.7. The highest BCUT2D eigenvalue weighted by Crippen LogP contribution is 2.29. The van der Waals surface area contributed by atoms with Gasteiger partial charge in [0.15, 0.2) is 40.1 Å². The fourth-order valence-electron chi connectivity index (χ4n) is 12.8. The number of likely N-dealkylation sites (N-methyl/N-ethyl adjacent to an activating group) is 2. The number of benzene rings is 6. The molecule has 131 heavy (non-hydrogen) atoms. The van der Waals surface area contributed by atoms with Gasteiger partial charge in [0, 0.05) is 93.3 Å². The number of alkyl halides is 1. The number of aliphatic hydroxyl groups is 2. The van der Waals surface area contributed by atoms with Crippen molar-refractivity contribution in [2.45, 2.75) is 74.5 Å². The first-order valence-electron chi connectivity index (χ1n) is 39.9. The summed E-state index contributed by atoms with van der Waals surface area (Å²) in [5.74, 6) is -0.726. The van der Waals surface area contributed by atoms with E-state index in [1.54, 1.807) is 31.5 Å². The number of hydrogen-bond acceptors (Lipinski definition) is 26. The lowest BCUT2D eigenvalue weighted by Crippen LogP contribution is -2.44. The minimum atomic E-state index is -1.10. The van der Waals surface area contributed by atoms with Crippen molar-refractivity contribution < 1.29 is 73.7 Å². The lowest BCUT2D eigenvalue weighted by Gasteiger charge is -2.34. The maximum absolute atomic E-state index is 13.3. The number of aliphatic hydroxyl groups excluding tert-OH is 2. The van der Waals surface area contributed by atoms with E-state index in [0.717, 1.165) is 114 Å². The molecular formula is C94H89Br2F5IN13O16. The van der Waals surface area contributed by atoms with Crippen molar-refractivity contribution in [2.75, 3.05) is 82.4 Å². The smallest absolute Gasteiger partial charge is 0.344 e. The van der Waals surface area contributed by atoms with Gasteiger partial charge in [-0.3, -0.25) is 24.5 Å². The molecule has 12 heterocycles. The van der Waals surface area contributed by atoms with E-state index in [4.69, 9.17) is 38.0 Å². The van der Waals surface area contributed by atoms with Gasteiger partial charge < -0.3 is 72.0 Å². The van der Waals surface area contributed by atoms with Crippen LogP contribution in [0.1, 0.15) is 98.3 Å². The van der Waals surface area contributed by atoms with E-state index in [2.05, 4.69) is 98.4 Å². The van der Waals surface area contributed by atoms with Crippen LogP contribution < -0.4 is 44.1 Å². The van der Waals surface area contributed by atoms with Gasteiger partial charge in [-0.05, 0) is 228 Å². The number of nitrogens with one attached hydrogen (secondary N) is 1. The number of rotatable bonds is 8. The van der Waals surface area contributed by atoms with Gasteiger partial charge in [0.1, 0.15) is 64.3 Å². The Morgan fingerprint density at radius 1 is 0.519 bits per heavy atom. The monoisotopic (exact) mass is 2040 g/mol. The van der Waals surface area contributed by atoms with Crippen LogP contribution in [-0.4, -0.2) is 159 Å². The zero-order chi connectivity index (χ0) is 94.6. The second-order valence-corrected chi connectivity index (χ2v) is 31.5.